The lowest BCUT2D eigenvalue weighted by molar-refractivity contribution is 0.325. The van der Waals surface area contributed by atoms with E-state index in [9.17, 15) is 0 Å². The summed E-state index contributed by atoms with van der Waals surface area (Å²) in [6, 6.07) is 0. The van der Waals surface area contributed by atoms with Gasteiger partial charge in [-0.15, -0.1) is 0 Å². The van der Waals surface area contributed by atoms with Crippen LogP contribution in [0.5, 0.6) is 0 Å². The van der Waals surface area contributed by atoms with Gasteiger partial charge in [-0.25, -0.2) is 0 Å². The van der Waals surface area contributed by atoms with Gasteiger partial charge in [-0.3, -0.25) is 4.68 Å². The standard InChI is InChI=1S/C10H18N4/c1-11-10-6-13-14(8-10)7-9-3-2-4-12-5-9/h6,8-9,11-12H,2-5,7H2,1H3. The van der Waals surface area contributed by atoms with Crippen LogP contribution in [-0.2, 0) is 6.54 Å². The molecule has 0 aromatic carbocycles. The van der Waals surface area contributed by atoms with E-state index in [-0.39, 0.29) is 0 Å². The Morgan fingerprint density at radius 1 is 1.71 bits per heavy atom. The number of nitrogens with one attached hydrogen (secondary N) is 2. The van der Waals surface area contributed by atoms with Gasteiger partial charge in [0.05, 0.1) is 11.9 Å². The molecule has 1 aliphatic rings. The summed E-state index contributed by atoms with van der Waals surface area (Å²) in [5.74, 6) is 0.744. The lowest BCUT2D eigenvalue weighted by Crippen LogP contribution is -2.32. The zero-order valence-electron chi connectivity index (χ0n) is 8.66. The van der Waals surface area contributed by atoms with E-state index >= 15 is 0 Å². The van der Waals surface area contributed by atoms with Crippen molar-refractivity contribution in [2.75, 3.05) is 25.5 Å². The van der Waals surface area contributed by atoms with Crippen molar-refractivity contribution < 1.29 is 0 Å². The van der Waals surface area contributed by atoms with Crippen molar-refractivity contribution in [2.24, 2.45) is 5.92 Å². The van der Waals surface area contributed by atoms with Crippen LogP contribution < -0.4 is 10.6 Å². The largest absolute Gasteiger partial charge is 0.386 e. The molecule has 0 spiro atoms. The molecule has 1 aliphatic heterocycles. The quantitative estimate of drug-likeness (QED) is 0.752. The molecular weight excluding hydrogens is 176 g/mol. The van der Waals surface area contributed by atoms with Crippen molar-refractivity contribution in [3.63, 3.8) is 0 Å². The molecule has 4 heteroatoms. The Bertz CT molecular complexity index is 275. The fourth-order valence-electron chi connectivity index (χ4n) is 1.94. The summed E-state index contributed by atoms with van der Waals surface area (Å²) in [4.78, 5) is 0. The van der Waals surface area contributed by atoms with Crippen molar-refractivity contribution >= 4 is 5.69 Å². The molecule has 2 rings (SSSR count). The Morgan fingerprint density at radius 2 is 2.64 bits per heavy atom. The van der Waals surface area contributed by atoms with E-state index in [0.29, 0.717) is 0 Å². The first-order chi connectivity index (χ1) is 6.88. The van der Waals surface area contributed by atoms with Gasteiger partial charge in [-0.2, -0.15) is 5.10 Å². The Balaban J connectivity index is 1.89. The summed E-state index contributed by atoms with van der Waals surface area (Å²) in [5, 5.41) is 10.8. The number of aromatic nitrogens is 2. The van der Waals surface area contributed by atoms with Crippen molar-refractivity contribution in [3.05, 3.63) is 12.4 Å². The van der Waals surface area contributed by atoms with Crippen molar-refractivity contribution in [1.29, 1.82) is 0 Å². The summed E-state index contributed by atoms with van der Waals surface area (Å²) in [6.07, 6.45) is 6.55. The van der Waals surface area contributed by atoms with Crippen molar-refractivity contribution in [1.82, 2.24) is 15.1 Å². The minimum absolute atomic E-state index is 0.744. The number of nitrogens with zero attached hydrogens (tertiary/aromatic N) is 2. The number of piperidine rings is 1. The van der Waals surface area contributed by atoms with Crippen LogP contribution in [0.3, 0.4) is 0 Å². The Morgan fingerprint density at radius 3 is 3.29 bits per heavy atom. The number of anilines is 1. The third kappa shape index (κ3) is 2.26. The zero-order valence-corrected chi connectivity index (χ0v) is 8.66. The Kier molecular flexibility index (Phi) is 3.03. The van der Waals surface area contributed by atoms with Crippen LogP contribution in [-0.4, -0.2) is 29.9 Å². The molecular formula is C10H18N4. The molecule has 0 amide bonds. The first kappa shape index (κ1) is 9.52. The number of hydrogen-bond donors (Lipinski definition) is 2. The maximum absolute atomic E-state index is 4.31. The summed E-state index contributed by atoms with van der Waals surface area (Å²) in [6.45, 7) is 3.35. The SMILES string of the molecule is CNc1cnn(CC2CCCNC2)c1. The Hall–Kier alpha value is -1.03. The second-order valence-electron chi connectivity index (χ2n) is 3.91. The van der Waals surface area contributed by atoms with Crippen LogP contribution in [0.1, 0.15) is 12.8 Å². The van der Waals surface area contributed by atoms with E-state index in [4.69, 9.17) is 0 Å². The molecule has 1 aromatic heterocycles. The fourth-order valence-corrected chi connectivity index (χ4v) is 1.94. The molecule has 1 fully saturated rings. The lowest BCUT2D eigenvalue weighted by Gasteiger charge is -2.22. The molecule has 1 aromatic rings. The highest BCUT2D eigenvalue weighted by Gasteiger charge is 2.13. The van der Waals surface area contributed by atoms with Crippen LogP contribution in [0.4, 0.5) is 5.69 Å². The van der Waals surface area contributed by atoms with Gasteiger partial charge in [0.1, 0.15) is 0 Å². The summed E-state index contributed by atoms with van der Waals surface area (Å²) < 4.78 is 2.03. The molecule has 14 heavy (non-hydrogen) atoms. The average molecular weight is 194 g/mol. The highest BCUT2D eigenvalue weighted by Crippen LogP contribution is 2.13. The van der Waals surface area contributed by atoms with E-state index in [1.807, 2.05) is 17.9 Å². The minimum atomic E-state index is 0.744. The highest BCUT2D eigenvalue weighted by molar-refractivity contribution is 5.36. The van der Waals surface area contributed by atoms with Gasteiger partial charge < -0.3 is 10.6 Å². The van der Waals surface area contributed by atoms with Crippen molar-refractivity contribution in [3.8, 4) is 0 Å². The first-order valence-electron chi connectivity index (χ1n) is 5.29. The summed E-state index contributed by atoms with van der Waals surface area (Å²) in [5.41, 5.74) is 1.09. The molecule has 2 N–H and O–H groups in total. The van der Waals surface area contributed by atoms with E-state index < -0.39 is 0 Å². The van der Waals surface area contributed by atoms with Crippen molar-refractivity contribution in [2.45, 2.75) is 19.4 Å². The zero-order chi connectivity index (χ0) is 9.80. The highest BCUT2D eigenvalue weighted by atomic mass is 15.3. The summed E-state index contributed by atoms with van der Waals surface area (Å²) in [7, 11) is 1.92. The van der Waals surface area contributed by atoms with Gasteiger partial charge >= 0.3 is 0 Å². The van der Waals surface area contributed by atoms with E-state index in [0.717, 1.165) is 24.7 Å². The second kappa shape index (κ2) is 4.46. The number of hydrogen-bond acceptors (Lipinski definition) is 3. The Labute approximate surface area is 84.7 Å². The van der Waals surface area contributed by atoms with Gasteiger partial charge in [0.15, 0.2) is 0 Å². The minimum Gasteiger partial charge on any atom is -0.386 e. The maximum Gasteiger partial charge on any atom is 0.0723 e. The van der Waals surface area contributed by atoms with Crippen LogP contribution in [0, 0.1) is 5.92 Å². The summed E-state index contributed by atoms with van der Waals surface area (Å²) >= 11 is 0. The monoisotopic (exact) mass is 194 g/mol. The normalized spacial score (nSPS) is 22.2. The predicted molar refractivity (Wildman–Crippen MR) is 57.4 cm³/mol. The molecule has 0 radical (unpaired) electrons. The molecule has 0 aliphatic carbocycles. The van der Waals surface area contributed by atoms with Gasteiger partial charge in [-0.1, -0.05) is 0 Å². The molecule has 1 atom stereocenters. The number of rotatable bonds is 3. The molecule has 2 heterocycles. The predicted octanol–water partition coefficient (Wildman–Crippen LogP) is 0.924. The van der Waals surface area contributed by atoms with Crippen LogP contribution >= 0.6 is 0 Å². The average Bonchev–Trinajstić information content (AvgIpc) is 2.67. The lowest BCUT2D eigenvalue weighted by atomic mass is 10.00. The molecule has 78 valence electrons. The molecule has 1 unspecified atom stereocenters. The van der Waals surface area contributed by atoms with Crippen LogP contribution in [0.25, 0.3) is 0 Å². The molecule has 0 saturated carbocycles. The van der Waals surface area contributed by atoms with Crippen LogP contribution in [0.2, 0.25) is 0 Å². The van der Waals surface area contributed by atoms with E-state index in [1.165, 1.54) is 19.4 Å². The first-order valence-corrected chi connectivity index (χ1v) is 5.29. The third-order valence-corrected chi connectivity index (χ3v) is 2.77. The third-order valence-electron chi connectivity index (χ3n) is 2.77. The topological polar surface area (TPSA) is 41.9 Å². The van der Waals surface area contributed by atoms with E-state index in [1.54, 1.807) is 0 Å². The van der Waals surface area contributed by atoms with Crippen LogP contribution in [0.15, 0.2) is 12.4 Å². The van der Waals surface area contributed by atoms with Gasteiger partial charge in [-0.05, 0) is 31.8 Å². The van der Waals surface area contributed by atoms with Gasteiger partial charge in [0, 0.05) is 19.8 Å². The molecule has 0 bridgehead atoms. The van der Waals surface area contributed by atoms with Gasteiger partial charge in [0.2, 0.25) is 0 Å². The molecule has 1 saturated heterocycles. The fraction of sp³-hybridized carbons (Fsp3) is 0.700. The van der Waals surface area contributed by atoms with E-state index in [2.05, 4.69) is 21.9 Å². The van der Waals surface area contributed by atoms with Gasteiger partial charge in [0.25, 0.3) is 0 Å². The second-order valence-corrected chi connectivity index (χ2v) is 3.91. The smallest absolute Gasteiger partial charge is 0.0723 e. The maximum atomic E-state index is 4.31. The molecule has 4 nitrogen and oxygen atoms in total.